The minimum Gasteiger partial charge on any atom is -0.326 e. The molecule has 5 heteroatoms. The van der Waals surface area contributed by atoms with E-state index in [4.69, 9.17) is 10.7 Å². The Morgan fingerprint density at radius 2 is 2.20 bits per heavy atom. The van der Waals surface area contributed by atoms with E-state index in [1.165, 1.54) is 10.6 Å². The highest BCUT2D eigenvalue weighted by Crippen LogP contribution is 2.43. The molecule has 20 heavy (non-hydrogen) atoms. The lowest BCUT2D eigenvalue weighted by atomic mass is 9.77. The third-order valence-electron chi connectivity index (χ3n) is 3.92. The number of hydrogen-bond donors (Lipinski definition) is 1. The fourth-order valence-electron chi connectivity index (χ4n) is 2.98. The Morgan fingerprint density at radius 1 is 1.45 bits per heavy atom. The summed E-state index contributed by atoms with van der Waals surface area (Å²) in [6, 6.07) is 0.508. The van der Waals surface area contributed by atoms with Crippen LogP contribution in [0.15, 0.2) is 12.5 Å². The van der Waals surface area contributed by atoms with Gasteiger partial charge in [-0.2, -0.15) is 0 Å². The van der Waals surface area contributed by atoms with Crippen LogP contribution in [0, 0.1) is 5.41 Å². The zero-order valence-corrected chi connectivity index (χ0v) is 13.4. The summed E-state index contributed by atoms with van der Waals surface area (Å²) in [6.45, 7) is 8.86. The van der Waals surface area contributed by atoms with Crippen molar-refractivity contribution in [1.82, 2.24) is 14.5 Å². The average Bonchev–Trinajstić information content (AvgIpc) is 2.91. The SMILES string of the molecule is CC(C)n1cncc1-c1nc2c(s1)C(N)CC(C)(C)C2. The van der Waals surface area contributed by atoms with Gasteiger partial charge in [0.25, 0.3) is 0 Å². The summed E-state index contributed by atoms with van der Waals surface area (Å²) < 4.78 is 2.17. The van der Waals surface area contributed by atoms with Crippen molar-refractivity contribution >= 4 is 11.3 Å². The smallest absolute Gasteiger partial charge is 0.142 e. The second kappa shape index (κ2) is 4.67. The zero-order valence-electron chi connectivity index (χ0n) is 12.6. The van der Waals surface area contributed by atoms with Gasteiger partial charge in [-0.1, -0.05) is 13.8 Å². The van der Waals surface area contributed by atoms with Crippen molar-refractivity contribution in [2.24, 2.45) is 11.1 Å². The van der Waals surface area contributed by atoms with E-state index in [9.17, 15) is 0 Å². The fraction of sp³-hybridized carbons (Fsp3) is 0.600. The molecule has 0 aliphatic heterocycles. The van der Waals surface area contributed by atoms with Crippen molar-refractivity contribution < 1.29 is 0 Å². The molecule has 0 radical (unpaired) electrons. The van der Waals surface area contributed by atoms with E-state index < -0.39 is 0 Å². The van der Waals surface area contributed by atoms with Gasteiger partial charge in [0.15, 0.2) is 0 Å². The van der Waals surface area contributed by atoms with Crippen LogP contribution in [0.4, 0.5) is 0 Å². The summed E-state index contributed by atoms with van der Waals surface area (Å²) in [4.78, 5) is 10.4. The molecule has 2 aromatic heterocycles. The van der Waals surface area contributed by atoms with Gasteiger partial charge >= 0.3 is 0 Å². The number of thiazole rings is 1. The Balaban J connectivity index is 2.04. The molecule has 1 aliphatic rings. The van der Waals surface area contributed by atoms with Gasteiger partial charge in [-0.3, -0.25) is 0 Å². The third kappa shape index (κ3) is 2.29. The molecule has 0 fully saturated rings. The van der Waals surface area contributed by atoms with Gasteiger partial charge in [-0.05, 0) is 32.1 Å². The molecule has 0 bridgehead atoms. The van der Waals surface area contributed by atoms with E-state index in [-0.39, 0.29) is 11.5 Å². The number of rotatable bonds is 2. The van der Waals surface area contributed by atoms with Crippen molar-refractivity contribution in [3.63, 3.8) is 0 Å². The second-order valence-corrected chi connectivity index (χ2v) is 7.79. The second-order valence-electron chi connectivity index (χ2n) is 6.76. The number of aromatic nitrogens is 3. The van der Waals surface area contributed by atoms with Crippen molar-refractivity contribution in [3.8, 4) is 10.7 Å². The normalized spacial score (nSPS) is 21.2. The van der Waals surface area contributed by atoms with E-state index >= 15 is 0 Å². The maximum Gasteiger partial charge on any atom is 0.142 e. The van der Waals surface area contributed by atoms with Crippen LogP contribution in [0.25, 0.3) is 10.7 Å². The summed E-state index contributed by atoms with van der Waals surface area (Å²) in [6.07, 6.45) is 5.83. The van der Waals surface area contributed by atoms with Crippen LogP contribution in [0.2, 0.25) is 0 Å². The molecule has 3 rings (SSSR count). The van der Waals surface area contributed by atoms with Crippen molar-refractivity contribution in [2.45, 2.75) is 52.6 Å². The largest absolute Gasteiger partial charge is 0.326 e. The standard InChI is InChI=1S/C15H22N4S/c1-9(2)19-8-17-7-12(19)14-18-11-6-15(3,4)5-10(16)13(11)20-14/h7-10H,5-6,16H2,1-4H3. The Bertz CT molecular complexity index is 624. The lowest BCUT2D eigenvalue weighted by molar-refractivity contribution is 0.282. The highest BCUT2D eigenvalue weighted by Gasteiger charge is 2.33. The summed E-state index contributed by atoms with van der Waals surface area (Å²) in [7, 11) is 0. The Morgan fingerprint density at radius 3 is 2.90 bits per heavy atom. The number of hydrogen-bond acceptors (Lipinski definition) is 4. The Hall–Kier alpha value is -1.20. The van der Waals surface area contributed by atoms with E-state index in [1.807, 2.05) is 12.5 Å². The van der Waals surface area contributed by atoms with Gasteiger partial charge in [-0.25, -0.2) is 9.97 Å². The molecule has 1 aliphatic carbocycles. The first kappa shape index (κ1) is 13.8. The van der Waals surface area contributed by atoms with Crippen molar-refractivity contribution in [3.05, 3.63) is 23.1 Å². The highest BCUT2D eigenvalue weighted by atomic mass is 32.1. The van der Waals surface area contributed by atoms with E-state index in [2.05, 4.69) is 37.2 Å². The molecule has 2 aromatic rings. The van der Waals surface area contributed by atoms with Crippen molar-refractivity contribution in [2.75, 3.05) is 0 Å². The first-order valence-corrected chi connectivity index (χ1v) is 7.96. The van der Waals surface area contributed by atoms with Crippen LogP contribution in [0.5, 0.6) is 0 Å². The molecule has 0 spiro atoms. The third-order valence-corrected chi connectivity index (χ3v) is 5.18. The maximum atomic E-state index is 6.33. The predicted octanol–water partition coefficient (Wildman–Crippen LogP) is 3.56. The average molecular weight is 290 g/mol. The molecule has 2 N–H and O–H groups in total. The van der Waals surface area contributed by atoms with Crippen LogP contribution in [-0.2, 0) is 6.42 Å². The quantitative estimate of drug-likeness (QED) is 0.920. The van der Waals surface area contributed by atoms with E-state index in [0.717, 1.165) is 23.5 Å². The predicted molar refractivity (Wildman–Crippen MR) is 82.8 cm³/mol. The van der Waals surface area contributed by atoms with Crippen LogP contribution < -0.4 is 5.73 Å². The topological polar surface area (TPSA) is 56.7 Å². The number of nitrogens with zero attached hydrogens (tertiary/aromatic N) is 3. The lowest BCUT2D eigenvalue weighted by Crippen LogP contribution is -2.28. The molecule has 1 atom stereocenters. The molecule has 108 valence electrons. The molecular weight excluding hydrogens is 268 g/mol. The molecular formula is C15H22N4S. The Kier molecular flexibility index (Phi) is 3.21. The minimum atomic E-state index is 0.121. The molecule has 2 heterocycles. The van der Waals surface area contributed by atoms with Crippen molar-refractivity contribution in [1.29, 1.82) is 0 Å². The summed E-state index contributed by atoms with van der Waals surface area (Å²) in [5, 5.41) is 1.05. The minimum absolute atomic E-state index is 0.121. The number of fused-ring (bicyclic) bond motifs is 1. The van der Waals surface area contributed by atoms with Crippen LogP contribution in [0.3, 0.4) is 0 Å². The van der Waals surface area contributed by atoms with Crippen LogP contribution in [0.1, 0.15) is 56.8 Å². The summed E-state index contributed by atoms with van der Waals surface area (Å²) in [5.41, 5.74) is 8.87. The van der Waals surface area contributed by atoms with Crippen LogP contribution >= 0.6 is 11.3 Å². The van der Waals surface area contributed by atoms with E-state index in [1.54, 1.807) is 11.3 Å². The van der Waals surface area contributed by atoms with Gasteiger partial charge in [0, 0.05) is 17.0 Å². The molecule has 0 aromatic carbocycles. The first-order chi connectivity index (χ1) is 9.37. The molecule has 0 saturated carbocycles. The van der Waals surface area contributed by atoms with Crippen LogP contribution in [-0.4, -0.2) is 14.5 Å². The summed E-state index contributed by atoms with van der Waals surface area (Å²) in [5.74, 6) is 0. The maximum absolute atomic E-state index is 6.33. The van der Waals surface area contributed by atoms with Gasteiger partial charge in [-0.15, -0.1) is 11.3 Å². The monoisotopic (exact) mass is 290 g/mol. The van der Waals surface area contributed by atoms with Gasteiger partial charge < -0.3 is 10.3 Å². The fourth-order valence-corrected chi connectivity index (χ4v) is 4.08. The highest BCUT2D eigenvalue weighted by molar-refractivity contribution is 7.15. The molecule has 4 nitrogen and oxygen atoms in total. The number of nitrogens with two attached hydrogens (primary N) is 1. The number of imidazole rings is 1. The molecule has 0 saturated heterocycles. The Labute approximate surface area is 124 Å². The first-order valence-electron chi connectivity index (χ1n) is 7.15. The molecule has 0 amide bonds. The zero-order chi connectivity index (χ0) is 14.5. The van der Waals surface area contributed by atoms with Gasteiger partial charge in [0.05, 0.1) is 23.9 Å². The molecule has 1 unspecified atom stereocenters. The van der Waals surface area contributed by atoms with E-state index in [0.29, 0.717) is 6.04 Å². The summed E-state index contributed by atoms with van der Waals surface area (Å²) >= 11 is 1.74. The lowest BCUT2D eigenvalue weighted by Gasteiger charge is -2.32. The van der Waals surface area contributed by atoms with Gasteiger partial charge in [0.2, 0.25) is 0 Å². The van der Waals surface area contributed by atoms with Gasteiger partial charge in [0.1, 0.15) is 5.01 Å².